The Hall–Kier alpha value is -2.51. The van der Waals surface area contributed by atoms with Crippen molar-refractivity contribution in [1.29, 1.82) is 0 Å². The molecule has 2 aromatic rings. The number of nitrogens with zero attached hydrogens (tertiary/aromatic N) is 1. The zero-order chi connectivity index (χ0) is 16.8. The second-order valence-electron chi connectivity index (χ2n) is 5.70. The van der Waals surface area contributed by atoms with Crippen LogP contribution in [0.1, 0.15) is 20.8 Å². The first-order chi connectivity index (χ1) is 11.5. The summed E-state index contributed by atoms with van der Waals surface area (Å²) in [5.41, 5.74) is 3.36. The van der Waals surface area contributed by atoms with E-state index in [2.05, 4.69) is 16.7 Å². The molecule has 1 saturated heterocycles. The van der Waals surface area contributed by atoms with Crippen LogP contribution >= 0.6 is 23.6 Å². The van der Waals surface area contributed by atoms with E-state index in [9.17, 15) is 9.59 Å². The van der Waals surface area contributed by atoms with Gasteiger partial charge in [-0.2, -0.15) is 0 Å². The average Bonchev–Trinajstić information content (AvgIpc) is 3.20. The van der Waals surface area contributed by atoms with Crippen LogP contribution in [0.25, 0.3) is 16.5 Å². The van der Waals surface area contributed by atoms with Gasteiger partial charge >= 0.3 is 0 Å². The third kappa shape index (κ3) is 2.51. The quantitative estimate of drug-likeness (QED) is 0.641. The van der Waals surface area contributed by atoms with Gasteiger partial charge in [0.15, 0.2) is 5.11 Å². The molecule has 0 radical (unpaired) electrons. The predicted octanol–water partition coefficient (Wildman–Crippen LogP) is 2.35. The first-order valence-electron chi connectivity index (χ1n) is 7.34. The lowest BCUT2D eigenvalue weighted by atomic mass is 10.1. The number of benzene rings is 1. The number of carbonyl (C=O) groups is 2. The zero-order valence-electron chi connectivity index (χ0n) is 12.8. The summed E-state index contributed by atoms with van der Waals surface area (Å²) in [6.07, 6.45) is 1.79. The fourth-order valence-corrected chi connectivity index (χ4v) is 3.98. The second-order valence-corrected chi connectivity index (χ2v) is 7.23. The molecule has 2 aliphatic heterocycles. The van der Waals surface area contributed by atoms with Crippen molar-refractivity contribution in [3.8, 4) is 10.4 Å². The summed E-state index contributed by atoms with van der Waals surface area (Å²) in [7, 11) is 1.81. The fraction of sp³-hybridized carbons (Fsp3) is 0.118. The molecule has 3 heterocycles. The maximum absolute atomic E-state index is 12.0. The van der Waals surface area contributed by atoms with Crippen molar-refractivity contribution >= 4 is 46.6 Å². The van der Waals surface area contributed by atoms with Gasteiger partial charge in [-0.1, -0.05) is 6.07 Å². The topological polar surface area (TPSA) is 61.4 Å². The first-order valence-corrected chi connectivity index (χ1v) is 8.56. The van der Waals surface area contributed by atoms with Crippen molar-refractivity contribution in [3.63, 3.8) is 0 Å². The standard InChI is InChI=1S/C17H13N3O2S2/c1-20-8-10-6-9(2-4-12(10)16(20)22)14-5-3-11(24-14)7-13-15(21)19-17(23)18-13/h2-7H,8H2,1H3,(H2,18,19,21,23)/b13-7-. The molecule has 4 rings (SSSR count). The summed E-state index contributed by atoms with van der Waals surface area (Å²) in [6.45, 7) is 0.645. The minimum atomic E-state index is -0.214. The van der Waals surface area contributed by atoms with Crippen molar-refractivity contribution in [1.82, 2.24) is 15.5 Å². The van der Waals surface area contributed by atoms with Gasteiger partial charge in [0, 0.05) is 28.9 Å². The Balaban J connectivity index is 1.63. The van der Waals surface area contributed by atoms with Crippen LogP contribution in [0.5, 0.6) is 0 Å². The molecule has 0 spiro atoms. The molecule has 1 fully saturated rings. The molecule has 5 nitrogen and oxygen atoms in total. The molecule has 0 aliphatic carbocycles. The summed E-state index contributed by atoms with van der Waals surface area (Å²) in [5.74, 6) is -0.142. The SMILES string of the molecule is CN1Cc2cc(-c3ccc(/C=C4\NC(=S)NC4=O)s3)ccc2C1=O. The number of fused-ring (bicyclic) bond motifs is 1. The van der Waals surface area contributed by atoms with Crippen LogP contribution in [0.15, 0.2) is 36.0 Å². The highest BCUT2D eigenvalue weighted by Crippen LogP contribution is 2.32. The Morgan fingerprint density at radius 1 is 1.21 bits per heavy atom. The first kappa shape index (κ1) is 15.0. The summed E-state index contributed by atoms with van der Waals surface area (Å²) in [4.78, 5) is 27.4. The molecule has 1 aromatic carbocycles. The number of hydrogen-bond acceptors (Lipinski definition) is 4. The van der Waals surface area contributed by atoms with Gasteiger partial charge in [-0.15, -0.1) is 11.3 Å². The van der Waals surface area contributed by atoms with E-state index in [0.717, 1.165) is 26.4 Å². The van der Waals surface area contributed by atoms with Gasteiger partial charge in [-0.05, 0) is 53.7 Å². The number of thiocarbonyl (C=S) groups is 1. The fourth-order valence-electron chi connectivity index (χ4n) is 2.83. The minimum absolute atomic E-state index is 0.0717. The van der Waals surface area contributed by atoms with Crippen LogP contribution in [0.3, 0.4) is 0 Å². The molecule has 1 aromatic heterocycles. The monoisotopic (exact) mass is 355 g/mol. The van der Waals surface area contributed by atoms with Crippen molar-refractivity contribution in [2.75, 3.05) is 7.05 Å². The van der Waals surface area contributed by atoms with Gasteiger partial charge < -0.3 is 10.2 Å². The van der Waals surface area contributed by atoms with Gasteiger partial charge in [-0.25, -0.2) is 0 Å². The Kier molecular flexibility index (Phi) is 3.47. The van der Waals surface area contributed by atoms with Crippen LogP contribution in [0, 0.1) is 0 Å². The third-order valence-electron chi connectivity index (χ3n) is 4.01. The van der Waals surface area contributed by atoms with E-state index in [0.29, 0.717) is 17.4 Å². The van der Waals surface area contributed by atoms with Gasteiger partial charge in [0.25, 0.3) is 11.8 Å². The Bertz CT molecular complexity index is 930. The number of thiophene rings is 1. The van der Waals surface area contributed by atoms with Gasteiger partial charge in [-0.3, -0.25) is 14.9 Å². The summed E-state index contributed by atoms with van der Waals surface area (Å²) >= 11 is 6.51. The van der Waals surface area contributed by atoms with Crippen molar-refractivity contribution < 1.29 is 9.59 Å². The number of hydrogen-bond donors (Lipinski definition) is 2. The van der Waals surface area contributed by atoms with Crippen LogP contribution < -0.4 is 10.6 Å². The molecular formula is C17H13N3O2S2. The summed E-state index contributed by atoms with van der Waals surface area (Å²) in [6, 6.07) is 9.90. The van der Waals surface area contributed by atoms with E-state index >= 15 is 0 Å². The Morgan fingerprint density at radius 3 is 2.79 bits per heavy atom. The lowest BCUT2D eigenvalue weighted by Crippen LogP contribution is -2.21. The molecule has 2 N–H and O–H groups in total. The highest BCUT2D eigenvalue weighted by atomic mass is 32.1. The maximum Gasteiger partial charge on any atom is 0.273 e. The highest BCUT2D eigenvalue weighted by Gasteiger charge is 2.24. The van der Waals surface area contributed by atoms with E-state index in [1.807, 2.05) is 31.3 Å². The molecule has 0 unspecified atom stereocenters. The molecule has 2 aliphatic rings. The number of carbonyl (C=O) groups excluding carboxylic acids is 2. The van der Waals surface area contributed by atoms with Crippen LogP contribution in [0.2, 0.25) is 0 Å². The second kappa shape index (κ2) is 5.54. The van der Waals surface area contributed by atoms with Crippen LogP contribution in [-0.2, 0) is 11.3 Å². The van der Waals surface area contributed by atoms with Crippen molar-refractivity contribution in [2.24, 2.45) is 0 Å². The molecule has 120 valence electrons. The van der Waals surface area contributed by atoms with E-state index in [4.69, 9.17) is 12.2 Å². The number of amides is 2. The van der Waals surface area contributed by atoms with Crippen molar-refractivity contribution in [3.05, 3.63) is 52.0 Å². The van der Waals surface area contributed by atoms with E-state index in [1.54, 1.807) is 22.3 Å². The van der Waals surface area contributed by atoms with E-state index in [-0.39, 0.29) is 11.8 Å². The van der Waals surface area contributed by atoms with Crippen molar-refractivity contribution in [2.45, 2.75) is 6.54 Å². The van der Waals surface area contributed by atoms with E-state index < -0.39 is 0 Å². The summed E-state index contributed by atoms with van der Waals surface area (Å²) in [5, 5.41) is 5.71. The molecule has 7 heteroatoms. The zero-order valence-corrected chi connectivity index (χ0v) is 14.4. The van der Waals surface area contributed by atoms with Gasteiger partial charge in [0.2, 0.25) is 0 Å². The van der Waals surface area contributed by atoms with Gasteiger partial charge in [0.1, 0.15) is 5.70 Å². The lowest BCUT2D eigenvalue weighted by Gasteiger charge is -2.04. The lowest BCUT2D eigenvalue weighted by molar-refractivity contribution is -0.115. The Labute approximate surface area is 148 Å². The van der Waals surface area contributed by atoms with E-state index in [1.165, 1.54) is 0 Å². The third-order valence-corrected chi connectivity index (χ3v) is 5.29. The highest BCUT2D eigenvalue weighted by molar-refractivity contribution is 7.80. The molecule has 24 heavy (non-hydrogen) atoms. The number of nitrogens with one attached hydrogen (secondary N) is 2. The predicted molar refractivity (Wildman–Crippen MR) is 97.4 cm³/mol. The summed E-state index contributed by atoms with van der Waals surface area (Å²) < 4.78 is 0. The largest absolute Gasteiger partial charge is 0.337 e. The molecule has 0 bridgehead atoms. The smallest absolute Gasteiger partial charge is 0.273 e. The van der Waals surface area contributed by atoms with Crippen LogP contribution in [-0.4, -0.2) is 28.9 Å². The minimum Gasteiger partial charge on any atom is -0.337 e. The van der Waals surface area contributed by atoms with Crippen LogP contribution in [0.4, 0.5) is 0 Å². The van der Waals surface area contributed by atoms with Gasteiger partial charge in [0.05, 0.1) is 0 Å². The maximum atomic E-state index is 12.0. The molecule has 0 saturated carbocycles. The molecule has 0 atom stereocenters. The number of rotatable bonds is 2. The average molecular weight is 355 g/mol. The molecule has 2 amide bonds. The normalized spacial score (nSPS) is 18.1. The molecular weight excluding hydrogens is 342 g/mol. The Morgan fingerprint density at radius 2 is 2.04 bits per heavy atom.